The SMILES string of the molecule is O=C1OC2(c3ccc(O[C@@H]4OC(CO)[C@H](O)C(O)C4O)cc3OC3C=C(O)C=CC32)c2ccccc21. The summed E-state index contributed by atoms with van der Waals surface area (Å²) in [5.41, 5.74) is 0.485. The molecule has 10 heteroatoms. The molecule has 3 heterocycles. The topological polar surface area (TPSA) is 155 Å². The van der Waals surface area contributed by atoms with Crippen molar-refractivity contribution in [1.82, 2.24) is 0 Å². The molecule has 0 amide bonds. The molecule has 5 N–H and O–H groups in total. The minimum absolute atomic E-state index is 0.0150. The average Bonchev–Trinajstić information content (AvgIpc) is 3.17. The standard InChI is InChI=1S/C26H24O10/c27-11-20-21(29)22(30)23(31)25(35-20)33-13-6-8-17-19(10-13)34-18-9-12(28)5-7-16(18)26(17)15-4-2-1-3-14(15)24(32)36-26/h1-10,16,18,20-23,25,27-31H,11H2/t16?,18?,20?,21-,22?,23?,25+,26?/m0/s1. The van der Waals surface area contributed by atoms with Gasteiger partial charge >= 0.3 is 5.97 Å². The fraction of sp³-hybridized carbons (Fsp3) is 0.346. The van der Waals surface area contributed by atoms with Crippen LogP contribution in [0.5, 0.6) is 11.5 Å². The first-order valence-electron chi connectivity index (χ1n) is 11.5. The number of fused-ring (bicyclic) bond motifs is 6. The number of hydrogen-bond acceptors (Lipinski definition) is 10. The maximum absolute atomic E-state index is 12.9. The molecule has 3 aliphatic heterocycles. The molecule has 0 radical (unpaired) electrons. The van der Waals surface area contributed by atoms with Crippen molar-refractivity contribution >= 4 is 5.97 Å². The lowest BCUT2D eigenvalue weighted by molar-refractivity contribution is -0.277. The van der Waals surface area contributed by atoms with Gasteiger partial charge in [0.2, 0.25) is 6.29 Å². The fourth-order valence-electron chi connectivity index (χ4n) is 5.41. The van der Waals surface area contributed by atoms with E-state index < -0.39 is 60.9 Å². The number of aliphatic hydroxyl groups excluding tert-OH is 5. The number of rotatable bonds is 3. The van der Waals surface area contributed by atoms with Gasteiger partial charge < -0.3 is 44.5 Å². The molecule has 36 heavy (non-hydrogen) atoms. The second-order valence-electron chi connectivity index (χ2n) is 9.20. The van der Waals surface area contributed by atoms with Crippen LogP contribution >= 0.6 is 0 Å². The van der Waals surface area contributed by atoms with E-state index in [0.29, 0.717) is 22.4 Å². The minimum Gasteiger partial charge on any atom is -0.508 e. The maximum atomic E-state index is 12.9. The maximum Gasteiger partial charge on any atom is 0.339 e. The van der Waals surface area contributed by atoms with E-state index in [9.17, 15) is 30.3 Å². The van der Waals surface area contributed by atoms with E-state index in [-0.39, 0.29) is 11.5 Å². The Hall–Kier alpha value is -3.41. The van der Waals surface area contributed by atoms with E-state index in [4.69, 9.17) is 18.9 Å². The number of ether oxygens (including phenoxy) is 4. The molecule has 1 aliphatic carbocycles. The van der Waals surface area contributed by atoms with Gasteiger partial charge in [-0.2, -0.15) is 0 Å². The summed E-state index contributed by atoms with van der Waals surface area (Å²) in [7, 11) is 0. The third-order valence-corrected chi connectivity index (χ3v) is 7.15. The molecular weight excluding hydrogens is 472 g/mol. The van der Waals surface area contributed by atoms with Gasteiger partial charge in [0.15, 0.2) is 5.60 Å². The summed E-state index contributed by atoms with van der Waals surface area (Å²) in [5, 5.41) is 50.0. The Morgan fingerprint density at radius 2 is 1.81 bits per heavy atom. The van der Waals surface area contributed by atoms with Gasteiger partial charge in [-0.3, -0.25) is 0 Å². The van der Waals surface area contributed by atoms with Gasteiger partial charge in [0.1, 0.15) is 47.8 Å². The van der Waals surface area contributed by atoms with E-state index in [1.54, 1.807) is 36.4 Å². The van der Waals surface area contributed by atoms with Crippen molar-refractivity contribution in [2.24, 2.45) is 5.92 Å². The van der Waals surface area contributed by atoms with Gasteiger partial charge in [-0.05, 0) is 30.4 Å². The molecule has 0 bridgehead atoms. The van der Waals surface area contributed by atoms with Crippen LogP contribution in [0, 0.1) is 5.92 Å². The second kappa shape index (κ2) is 8.32. The molecule has 1 spiro atoms. The van der Waals surface area contributed by atoms with Crippen LogP contribution in [-0.4, -0.2) is 74.9 Å². The molecule has 0 aromatic heterocycles. The quantitative estimate of drug-likeness (QED) is 0.383. The Morgan fingerprint density at radius 1 is 1.00 bits per heavy atom. The fourth-order valence-corrected chi connectivity index (χ4v) is 5.41. The van der Waals surface area contributed by atoms with Gasteiger partial charge in [-0.1, -0.05) is 24.3 Å². The number of benzene rings is 2. The lowest BCUT2D eigenvalue weighted by Gasteiger charge is -2.45. The summed E-state index contributed by atoms with van der Waals surface area (Å²) >= 11 is 0. The van der Waals surface area contributed by atoms with Gasteiger partial charge in [0.25, 0.3) is 0 Å². The van der Waals surface area contributed by atoms with E-state index in [1.807, 2.05) is 12.1 Å². The number of aliphatic hydroxyl groups is 5. The first-order chi connectivity index (χ1) is 17.3. The zero-order valence-electron chi connectivity index (χ0n) is 18.8. The lowest BCUT2D eigenvalue weighted by atomic mass is 9.70. The van der Waals surface area contributed by atoms with Crippen molar-refractivity contribution in [3.63, 3.8) is 0 Å². The predicted octanol–water partition coefficient (Wildman–Crippen LogP) is 0.668. The highest BCUT2D eigenvalue weighted by molar-refractivity contribution is 5.96. The molecule has 6 rings (SSSR count). The Bertz CT molecular complexity index is 1270. The lowest BCUT2D eigenvalue weighted by Crippen LogP contribution is -2.60. The molecule has 4 aliphatic rings. The van der Waals surface area contributed by atoms with E-state index >= 15 is 0 Å². The predicted molar refractivity (Wildman–Crippen MR) is 121 cm³/mol. The summed E-state index contributed by atoms with van der Waals surface area (Å²) in [4.78, 5) is 12.9. The van der Waals surface area contributed by atoms with E-state index in [2.05, 4.69) is 0 Å². The summed E-state index contributed by atoms with van der Waals surface area (Å²) < 4.78 is 23.5. The van der Waals surface area contributed by atoms with Gasteiger partial charge in [-0.15, -0.1) is 0 Å². The van der Waals surface area contributed by atoms with Crippen molar-refractivity contribution in [2.75, 3.05) is 6.61 Å². The van der Waals surface area contributed by atoms with Crippen LogP contribution in [0.2, 0.25) is 0 Å². The Morgan fingerprint density at radius 3 is 2.61 bits per heavy atom. The Labute approximate surface area is 205 Å². The number of carbonyl (C=O) groups is 1. The molecule has 1 fully saturated rings. The molecule has 188 valence electrons. The third-order valence-electron chi connectivity index (χ3n) is 7.15. The van der Waals surface area contributed by atoms with Gasteiger partial charge in [0.05, 0.1) is 18.1 Å². The number of hydrogen-bond donors (Lipinski definition) is 5. The van der Waals surface area contributed by atoms with Crippen molar-refractivity contribution in [3.05, 3.63) is 83.1 Å². The highest BCUT2D eigenvalue weighted by atomic mass is 16.7. The Kier molecular flexibility index (Phi) is 5.32. The first-order valence-corrected chi connectivity index (χ1v) is 11.5. The van der Waals surface area contributed by atoms with Crippen LogP contribution in [-0.2, 0) is 15.1 Å². The van der Waals surface area contributed by atoms with Crippen LogP contribution in [0.4, 0.5) is 0 Å². The zero-order chi connectivity index (χ0) is 25.2. The monoisotopic (exact) mass is 496 g/mol. The summed E-state index contributed by atoms with van der Waals surface area (Å²) in [6, 6.07) is 11.9. The molecule has 2 aromatic carbocycles. The second-order valence-corrected chi connectivity index (χ2v) is 9.20. The third kappa shape index (κ3) is 3.26. The van der Waals surface area contributed by atoms with Crippen molar-refractivity contribution in [3.8, 4) is 11.5 Å². The largest absolute Gasteiger partial charge is 0.508 e. The minimum atomic E-state index is -1.59. The number of allylic oxidation sites excluding steroid dienone is 1. The molecule has 1 saturated heterocycles. The molecule has 10 nitrogen and oxygen atoms in total. The Balaban J connectivity index is 1.41. The van der Waals surface area contributed by atoms with Crippen LogP contribution in [0.25, 0.3) is 0 Å². The zero-order valence-corrected chi connectivity index (χ0v) is 18.8. The summed E-state index contributed by atoms with van der Waals surface area (Å²) in [6.45, 7) is -0.585. The van der Waals surface area contributed by atoms with E-state index in [0.717, 1.165) is 0 Å². The van der Waals surface area contributed by atoms with Gasteiger partial charge in [0, 0.05) is 17.2 Å². The smallest absolute Gasteiger partial charge is 0.339 e. The average molecular weight is 496 g/mol. The number of esters is 1. The molecule has 2 aromatic rings. The highest BCUT2D eigenvalue weighted by Crippen LogP contribution is 2.56. The van der Waals surface area contributed by atoms with E-state index in [1.165, 1.54) is 12.1 Å². The van der Waals surface area contributed by atoms with Gasteiger partial charge in [-0.25, -0.2) is 4.79 Å². The summed E-state index contributed by atoms with van der Waals surface area (Å²) in [6.07, 6.45) is -3.00. The van der Waals surface area contributed by atoms with Crippen LogP contribution < -0.4 is 9.47 Å². The van der Waals surface area contributed by atoms with Crippen molar-refractivity contribution in [2.45, 2.75) is 42.4 Å². The molecule has 8 atom stereocenters. The van der Waals surface area contributed by atoms with Crippen LogP contribution in [0.15, 0.2) is 66.5 Å². The van der Waals surface area contributed by atoms with Crippen molar-refractivity contribution in [1.29, 1.82) is 0 Å². The van der Waals surface area contributed by atoms with Crippen LogP contribution in [0.3, 0.4) is 0 Å². The van der Waals surface area contributed by atoms with Crippen LogP contribution in [0.1, 0.15) is 21.5 Å². The molecule has 0 saturated carbocycles. The molecule has 6 unspecified atom stereocenters. The highest BCUT2D eigenvalue weighted by Gasteiger charge is 2.58. The summed E-state index contributed by atoms with van der Waals surface area (Å²) in [5.74, 6) is -0.385. The molecular formula is C26H24O10. The van der Waals surface area contributed by atoms with Crippen molar-refractivity contribution < 1.29 is 49.3 Å². The normalized spacial score (nSPS) is 36.3. The number of carbonyl (C=O) groups excluding carboxylic acids is 1. The first kappa shape index (κ1) is 23.0.